The first-order valence-corrected chi connectivity index (χ1v) is 10.3. The second kappa shape index (κ2) is 7.29. The number of rotatable bonds is 2. The van der Waals surface area contributed by atoms with E-state index in [1.165, 1.54) is 0 Å². The first-order chi connectivity index (χ1) is 11.6. The highest BCUT2D eigenvalue weighted by molar-refractivity contribution is 7.13. The smallest absolute Gasteiger partial charge is 0.276 e. The number of aliphatic hydroxyl groups is 2. The molecular formula is C22H24O2Si. The van der Waals surface area contributed by atoms with Gasteiger partial charge in [-0.1, -0.05) is 72.5 Å². The van der Waals surface area contributed by atoms with Crippen molar-refractivity contribution in [1.82, 2.24) is 0 Å². The third-order valence-electron chi connectivity index (χ3n) is 3.53. The maximum Gasteiger partial charge on any atom is 0.276 e. The second-order valence-electron chi connectivity index (χ2n) is 7.10. The maximum absolute atomic E-state index is 10.2. The van der Waals surface area contributed by atoms with Crippen LogP contribution < -0.4 is 10.4 Å². The van der Waals surface area contributed by atoms with Crippen LogP contribution in [0.2, 0.25) is 0 Å². The fourth-order valence-corrected chi connectivity index (χ4v) is 5.70. The van der Waals surface area contributed by atoms with Gasteiger partial charge in [0.25, 0.3) is 8.07 Å². The molecule has 0 amide bonds. The molecule has 0 spiro atoms. The summed E-state index contributed by atoms with van der Waals surface area (Å²) >= 11 is 0. The van der Waals surface area contributed by atoms with E-state index in [0.717, 1.165) is 10.4 Å². The van der Waals surface area contributed by atoms with Crippen LogP contribution in [0.25, 0.3) is 0 Å². The van der Waals surface area contributed by atoms with Crippen LogP contribution in [0.1, 0.15) is 27.7 Å². The van der Waals surface area contributed by atoms with Crippen molar-refractivity contribution in [3.63, 3.8) is 0 Å². The molecule has 2 nitrogen and oxygen atoms in total. The molecule has 0 unspecified atom stereocenters. The molecule has 2 rings (SSSR count). The van der Waals surface area contributed by atoms with Crippen LogP contribution in [0.3, 0.4) is 0 Å². The lowest BCUT2D eigenvalue weighted by Gasteiger charge is -2.23. The largest absolute Gasteiger partial charge is 0.378 e. The standard InChI is InChI=1S/C22H24O2Si/c1-21(2,23)15-17-25(18-16-22(3,4)24,19-11-7-5-8-12-19)20-13-9-6-10-14-20/h5-14,23-24H,1-4H3. The highest BCUT2D eigenvalue weighted by Crippen LogP contribution is 2.08. The van der Waals surface area contributed by atoms with Crippen molar-refractivity contribution < 1.29 is 10.2 Å². The lowest BCUT2D eigenvalue weighted by Crippen LogP contribution is -2.57. The van der Waals surface area contributed by atoms with Crippen LogP contribution in [-0.4, -0.2) is 29.5 Å². The van der Waals surface area contributed by atoms with Crippen molar-refractivity contribution >= 4 is 18.4 Å². The van der Waals surface area contributed by atoms with Crippen molar-refractivity contribution in [1.29, 1.82) is 0 Å². The van der Waals surface area contributed by atoms with Gasteiger partial charge in [0.05, 0.1) is 0 Å². The molecule has 25 heavy (non-hydrogen) atoms. The molecule has 0 saturated heterocycles. The van der Waals surface area contributed by atoms with Crippen LogP contribution in [0.5, 0.6) is 0 Å². The Bertz CT molecular complexity index is 747. The second-order valence-corrected chi connectivity index (χ2v) is 10.3. The lowest BCUT2D eigenvalue weighted by atomic mass is 10.2. The van der Waals surface area contributed by atoms with Crippen LogP contribution in [0.4, 0.5) is 0 Å². The predicted octanol–water partition coefficient (Wildman–Crippen LogP) is 1.88. The molecule has 0 radical (unpaired) electrons. The summed E-state index contributed by atoms with van der Waals surface area (Å²) in [6, 6.07) is 19.9. The minimum Gasteiger partial charge on any atom is -0.378 e. The number of hydrogen-bond donors (Lipinski definition) is 2. The van der Waals surface area contributed by atoms with Gasteiger partial charge in [-0.15, -0.1) is 11.1 Å². The predicted molar refractivity (Wildman–Crippen MR) is 106 cm³/mol. The van der Waals surface area contributed by atoms with E-state index in [0.29, 0.717) is 0 Å². The highest BCUT2D eigenvalue weighted by atomic mass is 28.3. The third kappa shape index (κ3) is 5.34. The normalized spacial score (nSPS) is 11.8. The zero-order valence-electron chi connectivity index (χ0n) is 15.2. The molecule has 0 aliphatic rings. The topological polar surface area (TPSA) is 40.5 Å². The van der Waals surface area contributed by atoms with Gasteiger partial charge in [-0.3, -0.25) is 0 Å². The average molecular weight is 349 g/mol. The Morgan fingerprint density at radius 1 is 0.640 bits per heavy atom. The molecule has 0 saturated carbocycles. The zero-order valence-corrected chi connectivity index (χ0v) is 16.2. The Balaban J connectivity index is 2.82. The molecule has 3 heteroatoms. The minimum absolute atomic E-state index is 1.04. The summed E-state index contributed by atoms with van der Waals surface area (Å²) in [5.41, 5.74) is 4.44. The van der Waals surface area contributed by atoms with Gasteiger partial charge in [-0.25, -0.2) is 0 Å². The van der Waals surface area contributed by atoms with E-state index in [4.69, 9.17) is 0 Å². The first kappa shape index (κ1) is 19.0. The van der Waals surface area contributed by atoms with Gasteiger partial charge >= 0.3 is 0 Å². The molecule has 2 aromatic rings. The van der Waals surface area contributed by atoms with Gasteiger partial charge in [0, 0.05) is 0 Å². The van der Waals surface area contributed by atoms with E-state index >= 15 is 0 Å². The number of hydrogen-bond acceptors (Lipinski definition) is 2. The van der Waals surface area contributed by atoms with Crippen molar-refractivity contribution in [2.45, 2.75) is 38.9 Å². The summed E-state index contributed by atoms with van der Waals surface area (Å²) in [5.74, 6) is 5.96. The van der Waals surface area contributed by atoms with Crippen LogP contribution in [-0.2, 0) is 0 Å². The summed E-state index contributed by atoms with van der Waals surface area (Å²) in [6.45, 7) is 6.66. The van der Waals surface area contributed by atoms with E-state index in [1.807, 2.05) is 60.7 Å². The van der Waals surface area contributed by atoms with Crippen molar-refractivity contribution in [2.24, 2.45) is 0 Å². The molecule has 0 heterocycles. The third-order valence-corrected chi connectivity index (χ3v) is 6.92. The Morgan fingerprint density at radius 2 is 0.960 bits per heavy atom. The molecule has 128 valence electrons. The van der Waals surface area contributed by atoms with Crippen molar-refractivity contribution in [3.8, 4) is 22.9 Å². The van der Waals surface area contributed by atoms with E-state index < -0.39 is 19.3 Å². The summed E-state index contributed by atoms with van der Waals surface area (Å²) < 4.78 is 0. The molecule has 0 aliphatic heterocycles. The van der Waals surface area contributed by atoms with E-state index in [-0.39, 0.29) is 0 Å². The minimum atomic E-state index is -2.81. The van der Waals surface area contributed by atoms with Gasteiger partial charge < -0.3 is 10.2 Å². The average Bonchev–Trinajstić information content (AvgIpc) is 2.55. The Hall–Kier alpha value is -2.30. The highest BCUT2D eigenvalue weighted by Gasteiger charge is 2.35. The molecule has 0 aromatic heterocycles. The summed E-state index contributed by atoms with van der Waals surface area (Å²) in [7, 11) is -2.81. The van der Waals surface area contributed by atoms with Crippen molar-refractivity contribution in [3.05, 3.63) is 60.7 Å². The van der Waals surface area contributed by atoms with E-state index in [9.17, 15) is 10.2 Å². The van der Waals surface area contributed by atoms with Gasteiger partial charge in [0.2, 0.25) is 0 Å². The molecule has 2 aromatic carbocycles. The van der Waals surface area contributed by atoms with Gasteiger partial charge in [0.1, 0.15) is 11.2 Å². The number of benzene rings is 2. The fraction of sp³-hybridized carbons (Fsp3) is 0.273. The molecule has 0 aliphatic carbocycles. The lowest BCUT2D eigenvalue weighted by molar-refractivity contribution is 0.143. The molecule has 0 atom stereocenters. The summed E-state index contributed by atoms with van der Waals surface area (Å²) in [5, 5.41) is 22.4. The maximum atomic E-state index is 10.2. The SMILES string of the molecule is CC(C)(O)C#C[Si](C#CC(C)(C)O)(c1ccccc1)c1ccccc1. The zero-order chi connectivity index (χ0) is 18.6. The summed E-state index contributed by atoms with van der Waals surface area (Å²) in [6.07, 6.45) is 0. The van der Waals surface area contributed by atoms with Crippen LogP contribution >= 0.6 is 0 Å². The van der Waals surface area contributed by atoms with Crippen LogP contribution in [0.15, 0.2) is 60.7 Å². The molecular weight excluding hydrogens is 324 g/mol. The Kier molecular flexibility index (Phi) is 5.55. The van der Waals surface area contributed by atoms with E-state index in [1.54, 1.807) is 27.7 Å². The first-order valence-electron chi connectivity index (χ1n) is 8.27. The Morgan fingerprint density at radius 3 is 1.24 bits per heavy atom. The quantitative estimate of drug-likeness (QED) is 0.643. The Labute approximate surface area is 151 Å². The van der Waals surface area contributed by atoms with Gasteiger partial charge in [0.15, 0.2) is 0 Å². The monoisotopic (exact) mass is 348 g/mol. The van der Waals surface area contributed by atoms with Gasteiger partial charge in [-0.2, -0.15) is 0 Å². The van der Waals surface area contributed by atoms with Gasteiger partial charge in [-0.05, 0) is 38.1 Å². The molecule has 2 N–H and O–H groups in total. The summed E-state index contributed by atoms with van der Waals surface area (Å²) in [4.78, 5) is 0. The molecule has 0 bridgehead atoms. The van der Waals surface area contributed by atoms with E-state index in [2.05, 4.69) is 22.9 Å². The van der Waals surface area contributed by atoms with Crippen molar-refractivity contribution in [2.75, 3.05) is 0 Å². The van der Waals surface area contributed by atoms with Crippen LogP contribution in [0, 0.1) is 22.9 Å². The fourth-order valence-electron chi connectivity index (χ4n) is 2.36. The molecule has 0 fully saturated rings.